The van der Waals surface area contributed by atoms with Crippen molar-refractivity contribution >= 4 is 29.9 Å². The van der Waals surface area contributed by atoms with Gasteiger partial charge in [-0.3, -0.25) is 9.89 Å². The van der Waals surface area contributed by atoms with Crippen molar-refractivity contribution in [2.45, 2.75) is 44.6 Å². The van der Waals surface area contributed by atoms with Crippen LogP contribution in [0.2, 0.25) is 0 Å². The van der Waals surface area contributed by atoms with Crippen LogP contribution < -0.4 is 10.6 Å². The van der Waals surface area contributed by atoms with Crippen LogP contribution >= 0.6 is 24.0 Å². The number of ether oxygens (including phenoxy) is 1. The minimum absolute atomic E-state index is 0. The van der Waals surface area contributed by atoms with Gasteiger partial charge in [0.25, 0.3) is 0 Å². The maximum atomic E-state index is 5.48. The molecule has 0 spiro atoms. The van der Waals surface area contributed by atoms with E-state index >= 15 is 0 Å². The molecule has 0 atom stereocenters. The number of halogens is 1. The predicted octanol–water partition coefficient (Wildman–Crippen LogP) is 3.00. The molecule has 5 nitrogen and oxygen atoms in total. The van der Waals surface area contributed by atoms with Gasteiger partial charge in [0.05, 0.1) is 19.8 Å². The molecule has 27 heavy (non-hydrogen) atoms. The van der Waals surface area contributed by atoms with Gasteiger partial charge in [0, 0.05) is 37.1 Å². The van der Waals surface area contributed by atoms with E-state index in [0.29, 0.717) is 0 Å². The van der Waals surface area contributed by atoms with Gasteiger partial charge in [-0.15, -0.1) is 24.0 Å². The van der Waals surface area contributed by atoms with Gasteiger partial charge in [-0.2, -0.15) is 0 Å². The quantitative estimate of drug-likeness (QED) is 0.354. The molecule has 0 radical (unpaired) electrons. The Kier molecular flexibility index (Phi) is 8.37. The number of rotatable bonds is 7. The number of morpholine rings is 1. The molecule has 1 aliphatic heterocycles. The highest BCUT2D eigenvalue weighted by atomic mass is 127. The number of benzene rings is 1. The highest BCUT2D eigenvalue weighted by Gasteiger charge is 2.44. The molecule has 2 aliphatic rings. The maximum absolute atomic E-state index is 5.48. The van der Waals surface area contributed by atoms with Crippen molar-refractivity contribution in [3.8, 4) is 0 Å². The third-order valence-electron chi connectivity index (χ3n) is 5.67. The summed E-state index contributed by atoms with van der Waals surface area (Å²) in [5.41, 5.74) is 1.78. The Balaban J connectivity index is 0.00000261. The van der Waals surface area contributed by atoms with Crippen LogP contribution in [-0.4, -0.2) is 62.3 Å². The van der Waals surface area contributed by atoms with Crippen molar-refractivity contribution in [1.29, 1.82) is 0 Å². The maximum Gasteiger partial charge on any atom is 0.191 e. The van der Waals surface area contributed by atoms with E-state index in [1.54, 1.807) is 0 Å². The van der Waals surface area contributed by atoms with Gasteiger partial charge < -0.3 is 15.4 Å². The first-order valence-corrected chi connectivity index (χ1v) is 9.96. The zero-order chi connectivity index (χ0) is 18.5. The SMILES string of the molecule is CCNC(=NCC(C)(C)N1CCOCC1)NCC1(c2ccccc2)CC1.I. The van der Waals surface area contributed by atoms with Crippen molar-refractivity contribution in [2.75, 3.05) is 45.9 Å². The third kappa shape index (κ3) is 6.06. The Labute approximate surface area is 181 Å². The molecule has 0 bridgehead atoms. The Bertz CT molecular complexity index is 595. The van der Waals surface area contributed by atoms with Crippen molar-refractivity contribution < 1.29 is 4.74 Å². The van der Waals surface area contributed by atoms with Gasteiger partial charge in [-0.1, -0.05) is 30.3 Å². The molecule has 1 heterocycles. The van der Waals surface area contributed by atoms with E-state index in [1.807, 2.05) is 0 Å². The predicted molar refractivity (Wildman–Crippen MR) is 123 cm³/mol. The molecular weight excluding hydrogens is 451 g/mol. The number of nitrogens with one attached hydrogen (secondary N) is 2. The van der Waals surface area contributed by atoms with E-state index in [-0.39, 0.29) is 34.9 Å². The summed E-state index contributed by atoms with van der Waals surface area (Å²) in [6, 6.07) is 10.9. The standard InChI is InChI=1S/C21H34N4O.HI/c1-4-22-19(23-16-20(2,3)25-12-14-26-15-13-25)24-17-21(10-11-21)18-8-6-5-7-9-18;/h5-9H,4,10-17H2,1-3H3,(H2,22,23,24);1H. The first-order chi connectivity index (χ1) is 12.6. The van der Waals surface area contributed by atoms with Crippen LogP contribution in [0.15, 0.2) is 35.3 Å². The van der Waals surface area contributed by atoms with Gasteiger partial charge in [0.2, 0.25) is 0 Å². The molecule has 1 saturated heterocycles. The van der Waals surface area contributed by atoms with E-state index < -0.39 is 0 Å². The molecule has 1 aromatic carbocycles. The fourth-order valence-electron chi connectivity index (χ4n) is 3.65. The van der Waals surface area contributed by atoms with Gasteiger partial charge in [0.1, 0.15) is 0 Å². The Morgan fingerprint density at radius 1 is 1.15 bits per heavy atom. The Morgan fingerprint density at radius 3 is 2.41 bits per heavy atom. The largest absolute Gasteiger partial charge is 0.379 e. The molecule has 0 unspecified atom stereocenters. The van der Waals surface area contributed by atoms with Gasteiger partial charge >= 0.3 is 0 Å². The molecule has 2 fully saturated rings. The van der Waals surface area contributed by atoms with Gasteiger partial charge in [-0.25, -0.2) is 0 Å². The van der Waals surface area contributed by atoms with Crippen LogP contribution in [0.25, 0.3) is 0 Å². The minimum atomic E-state index is 0. The highest BCUT2D eigenvalue weighted by molar-refractivity contribution is 14.0. The van der Waals surface area contributed by atoms with E-state index in [4.69, 9.17) is 9.73 Å². The first-order valence-electron chi connectivity index (χ1n) is 9.96. The average molecular weight is 486 g/mol. The second-order valence-corrected chi connectivity index (χ2v) is 8.11. The van der Waals surface area contributed by atoms with Crippen molar-refractivity contribution in [2.24, 2.45) is 4.99 Å². The summed E-state index contributed by atoms with van der Waals surface area (Å²) in [6.07, 6.45) is 2.51. The molecule has 1 aromatic rings. The Morgan fingerprint density at radius 2 is 1.81 bits per heavy atom. The van der Waals surface area contributed by atoms with E-state index in [9.17, 15) is 0 Å². The fraction of sp³-hybridized carbons (Fsp3) is 0.667. The summed E-state index contributed by atoms with van der Waals surface area (Å²) in [6.45, 7) is 12.9. The summed E-state index contributed by atoms with van der Waals surface area (Å²) in [5, 5.41) is 7.00. The molecule has 1 aliphatic carbocycles. The van der Waals surface area contributed by atoms with E-state index in [1.165, 1.54) is 18.4 Å². The summed E-state index contributed by atoms with van der Waals surface area (Å²) in [5.74, 6) is 0.927. The average Bonchev–Trinajstić information content (AvgIpc) is 3.47. The zero-order valence-corrected chi connectivity index (χ0v) is 19.3. The zero-order valence-electron chi connectivity index (χ0n) is 17.0. The number of nitrogens with zero attached hydrogens (tertiary/aromatic N) is 2. The summed E-state index contributed by atoms with van der Waals surface area (Å²) >= 11 is 0. The minimum Gasteiger partial charge on any atom is -0.379 e. The Hall–Kier alpha value is -0.860. The number of aliphatic imine (C=N–C) groups is 1. The van der Waals surface area contributed by atoms with Crippen LogP contribution in [0.4, 0.5) is 0 Å². The topological polar surface area (TPSA) is 48.9 Å². The van der Waals surface area contributed by atoms with Crippen LogP contribution in [0.5, 0.6) is 0 Å². The highest BCUT2D eigenvalue weighted by Crippen LogP contribution is 2.47. The molecule has 2 N–H and O–H groups in total. The van der Waals surface area contributed by atoms with E-state index in [2.05, 4.69) is 66.6 Å². The second-order valence-electron chi connectivity index (χ2n) is 8.11. The normalized spacial score (nSPS) is 19.9. The molecule has 152 valence electrons. The van der Waals surface area contributed by atoms with Gasteiger partial charge in [-0.05, 0) is 39.2 Å². The number of hydrogen-bond acceptors (Lipinski definition) is 3. The molecule has 6 heteroatoms. The molecule has 0 amide bonds. The van der Waals surface area contributed by atoms with Crippen molar-refractivity contribution in [3.63, 3.8) is 0 Å². The number of hydrogen-bond donors (Lipinski definition) is 2. The fourth-order valence-corrected chi connectivity index (χ4v) is 3.65. The molecule has 3 rings (SSSR count). The lowest BCUT2D eigenvalue weighted by Crippen LogP contribution is -2.52. The third-order valence-corrected chi connectivity index (χ3v) is 5.67. The van der Waals surface area contributed by atoms with Crippen molar-refractivity contribution in [1.82, 2.24) is 15.5 Å². The summed E-state index contributed by atoms with van der Waals surface area (Å²) in [7, 11) is 0. The lowest BCUT2D eigenvalue weighted by atomic mass is 9.96. The second kappa shape index (κ2) is 10.1. The molecule has 1 saturated carbocycles. The van der Waals surface area contributed by atoms with Crippen LogP contribution in [0.3, 0.4) is 0 Å². The van der Waals surface area contributed by atoms with Crippen LogP contribution in [-0.2, 0) is 10.2 Å². The molecule has 0 aromatic heterocycles. The molecular formula is C21H35IN4O. The van der Waals surface area contributed by atoms with Crippen LogP contribution in [0.1, 0.15) is 39.2 Å². The lowest BCUT2D eigenvalue weighted by Gasteiger charge is -2.40. The van der Waals surface area contributed by atoms with Gasteiger partial charge in [0.15, 0.2) is 5.96 Å². The summed E-state index contributed by atoms with van der Waals surface area (Å²) < 4.78 is 5.48. The van der Waals surface area contributed by atoms with E-state index in [0.717, 1.165) is 51.9 Å². The van der Waals surface area contributed by atoms with Crippen LogP contribution in [0, 0.1) is 0 Å². The lowest BCUT2D eigenvalue weighted by molar-refractivity contribution is -0.00683. The smallest absolute Gasteiger partial charge is 0.191 e. The first kappa shape index (κ1) is 22.4. The summed E-state index contributed by atoms with van der Waals surface area (Å²) in [4.78, 5) is 7.38. The monoisotopic (exact) mass is 486 g/mol. The van der Waals surface area contributed by atoms with Crippen molar-refractivity contribution in [3.05, 3.63) is 35.9 Å². The number of guanidine groups is 1.